The van der Waals surface area contributed by atoms with Gasteiger partial charge in [0.05, 0.1) is 23.7 Å². The van der Waals surface area contributed by atoms with Crippen molar-refractivity contribution in [2.75, 3.05) is 6.61 Å². The Balaban J connectivity index is 1.49. The Hall–Kier alpha value is -3.31. The molecule has 34 heavy (non-hydrogen) atoms. The number of imidazole rings is 1. The van der Waals surface area contributed by atoms with Crippen LogP contribution in [0.1, 0.15) is 52.3 Å². The SMILES string of the molecule is Cc1ccccc1C(=O)NC(C)c1nc2ccccc2n1CCCOc1cc(C)c(Cl)c(C)c1. The fraction of sp³-hybridized carbons (Fsp3) is 0.286. The molecule has 0 radical (unpaired) electrons. The van der Waals surface area contributed by atoms with Gasteiger partial charge in [0, 0.05) is 17.1 Å². The van der Waals surface area contributed by atoms with Gasteiger partial charge in [0.25, 0.3) is 5.91 Å². The third-order valence-electron chi connectivity index (χ3n) is 6.01. The number of halogens is 1. The molecule has 5 nitrogen and oxygen atoms in total. The van der Waals surface area contributed by atoms with E-state index in [-0.39, 0.29) is 11.9 Å². The third kappa shape index (κ3) is 5.10. The number of hydrogen-bond acceptors (Lipinski definition) is 3. The third-order valence-corrected chi connectivity index (χ3v) is 6.61. The van der Waals surface area contributed by atoms with E-state index in [0.29, 0.717) is 12.2 Å². The molecule has 1 aromatic heterocycles. The zero-order chi connectivity index (χ0) is 24.2. The number of benzene rings is 3. The average Bonchev–Trinajstić information content (AvgIpc) is 3.19. The molecule has 1 atom stereocenters. The number of rotatable bonds is 8. The molecule has 0 spiro atoms. The van der Waals surface area contributed by atoms with Crippen molar-refractivity contribution >= 4 is 28.5 Å². The summed E-state index contributed by atoms with van der Waals surface area (Å²) in [5.74, 6) is 1.57. The number of ether oxygens (including phenoxy) is 1. The van der Waals surface area contributed by atoms with Crippen LogP contribution in [0.5, 0.6) is 5.75 Å². The van der Waals surface area contributed by atoms with Gasteiger partial charge >= 0.3 is 0 Å². The maximum absolute atomic E-state index is 12.9. The molecule has 1 unspecified atom stereocenters. The monoisotopic (exact) mass is 475 g/mol. The summed E-state index contributed by atoms with van der Waals surface area (Å²) < 4.78 is 8.19. The van der Waals surface area contributed by atoms with Crippen LogP contribution in [0.15, 0.2) is 60.7 Å². The Morgan fingerprint density at radius 3 is 2.44 bits per heavy atom. The first-order chi connectivity index (χ1) is 16.3. The van der Waals surface area contributed by atoms with Crippen molar-refractivity contribution in [2.24, 2.45) is 0 Å². The van der Waals surface area contributed by atoms with Crippen molar-refractivity contribution in [1.82, 2.24) is 14.9 Å². The zero-order valence-corrected chi connectivity index (χ0v) is 20.8. The maximum atomic E-state index is 12.9. The molecule has 1 heterocycles. The molecule has 0 saturated carbocycles. The number of carbonyl (C=O) groups is 1. The van der Waals surface area contributed by atoms with Crippen molar-refractivity contribution in [2.45, 2.75) is 46.7 Å². The van der Waals surface area contributed by atoms with Gasteiger partial charge in [-0.05, 0) is 81.1 Å². The Morgan fingerprint density at radius 2 is 1.71 bits per heavy atom. The average molecular weight is 476 g/mol. The number of nitrogens with zero attached hydrogens (tertiary/aromatic N) is 2. The van der Waals surface area contributed by atoms with Gasteiger partial charge in [-0.15, -0.1) is 0 Å². The summed E-state index contributed by atoms with van der Waals surface area (Å²) in [6.07, 6.45) is 0.798. The van der Waals surface area contributed by atoms with Crippen molar-refractivity contribution in [1.29, 1.82) is 0 Å². The number of carbonyl (C=O) groups excluding carboxylic acids is 1. The van der Waals surface area contributed by atoms with Gasteiger partial charge in [0.1, 0.15) is 11.6 Å². The molecule has 0 aliphatic carbocycles. The lowest BCUT2D eigenvalue weighted by Crippen LogP contribution is -2.29. The molecule has 0 aliphatic heterocycles. The highest BCUT2D eigenvalue weighted by Crippen LogP contribution is 2.26. The Morgan fingerprint density at radius 1 is 1.03 bits per heavy atom. The van der Waals surface area contributed by atoms with Crippen molar-refractivity contribution < 1.29 is 9.53 Å². The zero-order valence-electron chi connectivity index (χ0n) is 20.1. The molecule has 0 bridgehead atoms. The van der Waals surface area contributed by atoms with Gasteiger partial charge < -0.3 is 14.6 Å². The quantitative estimate of drug-likeness (QED) is 0.293. The Bertz CT molecular complexity index is 1310. The summed E-state index contributed by atoms with van der Waals surface area (Å²) in [6, 6.07) is 19.3. The van der Waals surface area contributed by atoms with E-state index in [4.69, 9.17) is 21.3 Å². The Kier molecular flexibility index (Phi) is 7.23. The van der Waals surface area contributed by atoms with E-state index in [1.165, 1.54) is 0 Å². The van der Waals surface area contributed by atoms with Gasteiger partial charge in [-0.1, -0.05) is 41.9 Å². The van der Waals surface area contributed by atoms with Gasteiger partial charge in [-0.3, -0.25) is 4.79 Å². The van der Waals surface area contributed by atoms with Crippen LogP contribution in [0.3, 0.4) is 0 Å². The summed E-state index contributed by atoms with van der Waals surface area (Å²) in [5.41, 5.74) is 5.62. The standard InChI is InChI=1S/C28H30ClN3O2/c1-18-10-5-6-11-23(18)28(33)30-21(4)27-31-24-12-7-8-13-25(24)32(27)14-9-15-34-22-16-19(2)26(29)20(3)17-22/h5-8,10-13,16-17,21H,9,14-15H2,1-4H3,(H,30,33). The minimum Gasteiger partial charge on any atom is -0.494 e. The molecule has 4 aromatic rings. The topological polar surface area (TPSA) is 56.2 Å². The van der Waals surface area contributed by atoms with E-state index in [9.17, 15) is 4.79 Å². The van der Waals surface area contributed by atoms with E-state index in [1.807, 2.05) is 82.3 Å². The molecule has 0 fully saturated rings. The van der Waals surface area contributed by atoms with Crippen LogP contribution in [0.4, 0.5) is 0 Å². The molecular weight excluding hydrogens is 446 g/mol. The summed E-state index contributed by atoms with van der Waals surface area (Å²) in [5, 5.41) is 3.90. The van der Waals surface area contributed by atoms with Gasteiger partial charge in [-0.2, -0.15) is 0 Å². The number of para-hydroxylation sites is 2. The second-order valence-corrected chi connectivity index (χ2v) is 9.07. The fourth-order valence-electron chi connectivity index (χ4n) is 4.23. The largest absolute Gasteiger partial charge is 0.494 e. The number of fused-ring (bicyclic) bond motifs is 1. The highest BCUT2D eigenvalue weighted by atomic mass is 35.5. The van der Waals surface area contributed by atoms with Crippen LogP contribution in [-0.4, -0.2) is 22.1 Å². The van der Waals surface area contributed by atoms with Crippen LogP contribution >= 0.6 is 11.6 Å². The number of hydrogen-bond donors (Lipinski definition) is 1. The lowest BCUT2D eigenvalue weighted by atomic mass is 10.1. The predicted octanol–water partition coefficient (Wildman–Crippen LogP) is 6.58. The van der Waals surface area contributed by atoms with E-state index >= 15 is 0 Å². The molecule has 0 aliphatic rings. The van der Waals surface area contributed by atoms with Crippen LogP contribution in [0, 0.1) is 20.8 Å². The van der Waals surface area contributed by atoms with Gasteiger partial charge in [-0.25, -0.2) is 4.98 Å². The van der Waals surface area contributed by atoms with Gasteiger partial charge in [0.15, 0.2) is 0 Å². The van der Waals surface area contributed by atoms with E-state index in [1.54, 1.807) is 0 Å². The van der Waals surface area contributed by atoms with Crippen LogP contribution < -0.4 is 10.1 Å². The summed E-state index contributed by atoms with van der Waals surface area (Å²) in [6.45, 7) is 9.18. The Labute approximate surface area is 205 Å². The number of aromatic nitrogens is 2. The highest BCUT2D eigenvalue weighted by Gasteiger charge is 2.19. The van der Waals surface area contributed by atoms with Crippen molar-refractivity contribution in [3.8, 4) is 5.75 Å². The van der Waals surface area contributed by atoms with E-state index in [2.05, 4.69) is 16.0 Å². The lowest BCUT2D eigenvalue weighted by Gasteiger charge is -2.17. The lowest BCUT2D eigenvalue weighted by molar-refractivity contribution is 0.0937. The first-order valence-electron chi connectivity index (χ1n) is 11.6. The van der Waals surface area contributed by atoms with Crippen LogP contribution in [0.25, 0.3) is 11.0 Å². The predicted molar refractivity (Wildman–Crippen MR) is 138 cm³/mol. The number of amides is 1. The minimum absolute atomic E-state index is 0.0963. The fourth-order valence-corrected chi connectivity index (χ4v) is 4.34. The van der Waals surface area contributed by atoms with E-state index < -0.39 is 0 Å². The number of nitrogens with one attached hydrogen (secondary N) is 1. The molecule has 6 heteroatoms. The minimum atomic E-state index is -0.248. The molecule has 4 rings (SSSR count). The van der Waals surface area contributed by atoms with Gasteiger partial charge in [0.2, 0.25) is 0 Å². The van der Waals surface area contributed by atoms with E-state index in [0.717, 1.165) is 57.3 Å². The summed E-state index contributed by atoms with van der Waals surface area (Å²) in [7, 11) is 0. The molecular formula is C28H30ClN3O2. The van der Waals surface area contributed by atoms with Crippen molar-refractivity contribution in [3.05, 3.63) is 93.8 Å². The summed E-state index contributed by atoms with van der Waals surface area (Å²) >= 11 is 6.27. The maximum Gasteiger partial charge on any atom is 0.252 e. The first kappa shape index (κ1) is 23.8. The van der Waals surface area contributed by atoms with Crippen LogP contribution in [0.2, 0.25) is 5.02 Å². The molecule has 1 amide bonds. The van der Waals surface area contributed by atoms with Crippen LogP contribution in [-0.2, 0) is 6.54 Å². The number of aryl methyl sites for hydroxylation is 4. The summed E-state index contributed by atoms with van der Waals surface area (Å²) in [4.78, 5) is 17.7. The normalized spacial score (nSPS) is 12.0. The first-order valence-corrected chi connectivity index (χ1v) is 11.9. The smallest absolute Gasteiger partial charge is 0.252 e. The molecule has 0 saturated heterocycles. The van der Waals surface area contributed by atoms with Crippen molar-refractivity contribution in [3.63, 3.8) is 0 Å². The molecule has 3 aromatic carbocycles. The second-order valence-electron chi connectivity index (χ2n) is 8.69. The molecule has 176 valence electrons. The highest BCUT2D eigenvalue weighted by molar-refractivity contribution is 6.32. The molecule has 1 N–H and O–H groups in total. The second kappa shape index (κ2) is 10.3.